The maximum atomic E-state index is 5.99. The highest BCUT2D eigenvalue weighted by Crippen LogP contribution is 2.24. The molecule has 0 saturated carbocycles. The van der Waals surface area contributed by atoms with Crippen LogP contribution in [0, 0.1) is 0 Å². The lowest BCUT2D eigenvalue weighted by molar-refractivity contribution is 0.201. The maximum Gasteiger partial charge on any atom is 0.119 e. The van der Waals surface area contributed by atoms with Gasteiger partial charge in [0.1, 0.15) is 5.75 Å². The van der Waals surface area contributed by atoms with Gasteiger partial charge >= 0.3 is 0 Å². The van der Waals surface area contributed by atoms with Crippen LogP contribution in [0.15, 0.2) is 22.7 Å². The molecular weight excluding hydrogens is 316 g/mol. The summed E-state index contributed by atoms with van der Waals surface area (Å²) in [6.07, 6.45) is 2.35. The molecule has 1 aromatic carbocycles. The molecule has 1 aliphatic rings. The number of nitrogens with two attached hydrogens (primary N) is 1. The minimum absolute atomic E-state index is 0. The third-order valence-corrected chi connectivity index (χ3v) is 3.96. The topological polar surface area (TPSA) is 38.5 Å². The summed E-state index contributed by atoms with van der Waals surface area (Å²) in [4.78, 5) is 2.41. The summed E-state index contributed by atoms with van der Waals surface area (Å²) < 4.78 is 6.39. The van der Waals surface area contributed by atoms with Gasteiger partial charge in [-0.25, -0.2) is 0 Å². The second-order valence-electron chi connectivity index (χ2n) is 4.59. The second-order valence-corrected chi connectivity index (χ2v) is 5.45. The zero-order valence-corrected chi connectivity index (χ0v) is 13.0. The van der Waals surface area contributed by atoms with Crippen molar-refractivity contribution in [2.24, 2.45) is 5.73 Å². The van der Waals surface area contributed by atoms with Gasteiger partial charge in [0.05, 0.1) is 7.11 Å². The van der Waals surface area contributed by atoms with Gasteiger partial charge in [-0.3, -0.25) is 4.90 Å². The van der Waals surface area contributed by atoms with Crippen LogP contribution in [0.3, 0.4) is 0 Å². The summed E-state index contributed by atoms with van der Waals surface area (Å²) in [5, 5.41) is 0. The first-order valence-electron chi connectivity index (χ1n) is 5.99. The van der Waals surface area contributed by atoms with E-state index in [1.807, 2.05) is 12.1 Å². The lowest BCUT2D eigenvalue weighted by Gasteiger charge is -2.31. The fourth-order valence-electron chi connectivity index (χ4n) is 2.28. The average molecular weight is 336 g/mol. The molecule has 1 aliphatic heterocycles. The molecule has 0 unspecified atom stereocenters. The fraction of sp³-hybridized carbons (Fsp3) is 0.538. The molecule has 1 fully saturated rings. The number of nitrogens with zero attached hydrogens (tertiary/aromatic N) is 1. The standard InChI is InChI=1S/C13H19BrN2O.ClH/c1-17-12-4-5-13(14)10(7-12)8-16-6-2-3-11(15)9-16;/h4-5,7,11H,2-3,6,8-9,15H2,1H3;1H/t11-;/m1./s1. The summed E-state index contributed by atoms with van der Waals surface area (Å²) in [5.41, 5.74) is 7.26. The smallest absolute Gasteiger partial charge is 0.119 e. The van der Waals surface area contributed by atoms with Gasteiger partial charge in [0.15, 0.2) is 0 Å². The Morgan fingerprint density at radius 2 is 2.28 bits per heavy atom. The number of halogens is 2. The lowest BCUT2D eigenvalue weighted by atomic mass is 10.1. The molecule has 5 heteroatoms. The van der Waals surface area contributed by atoms with Gasteiger partial charge in [0.25, 0.3) is 0 Å². The normalized spacial score (nSPS) is 20.3. The van der Waals surface area contributed by atoms with Crippen molar-refractivity contribution in [3.63, 3.8) is 0 Å². The SMILES string of the molecule is COc1ccc(Br)c(CN2CCC[C@@H](N)C2)c1.Cl. The van der Waals surface area contributed by atoms with Crippen LogP contribution < -0.4 is 10.5 Å². The van der Waals surface area contributed by atoms with Gasteiger partial charge in [0, 0.05) is 23.6 Å². The van der Waals surface area contributed by atoms with Crippen LogP contribution in [-0.4, -0.2) is 31.1 Å². The van der Waals surface area contributed by atoms with E-state index in [1.54, 1.807) is 7.11 Å². The van der Waals surface area contributed by atoms with Gasteiger partial charge in [-0.05, 0) is 43.1 Å². The number of hydrogen-bond acceptors (Lipinski definition) is 3. The number of hydrogen-bond donors (Lipinski definition) is 1. The van der Waals surface area contributed by atoms with Crippen molar-refractivity contribution in [1.82, 2.24) is 4.90 Å². The van der Waals surface area contributed by atoms with Crippen molar-refractivity contribution >= 4 is 28.3 Å². The minimum atomic E-state index is 0. The summed E-state index contributed by atoms with van der Waals surface area (Å²) in [7, 11) is 1.70. The number of rotatable bonds is 3. The van der Waals surface area contributed by atoms with Crippen molar-refractivity contribution in [3.05, 3.63) is 28.2 Å². The Morgan fingerprint density at radius 3 is 2.94 bits per heavy atom. The molecule has 0 aliphatic carbocycles. The van der Waals surface area contributed by atoms with E-state index in [9.17, 15) is 0 Å². The lowest BCUT2D eigenvalue weighted by Crippen LogP contribution is -2.42. The molecule has 2 N–H and O–H groups in total. The Bertz CT molecular complexity index is 389. The number of likely N-dealkylation sites (tertiary alicyclic amines) is 1. The van der Waals surface area contributed by atoms with E-state index in [0.717, 1.165) is 36.3 Å². The molecule has 1 heterocycles. The molecule has 0 bridgehead atoms. The Balaban J connectivity index is 0.00000162. The van der Waals surface area contributed by atoms with E-state index in [4.69, 9.17) is 10.5 Å². The van der Waals surface area contributed by atoms with Crippen LogP contribution in [0.4, 0.5) is 0 Å². The summed E-state index contributed by atoms with van der Waals surface area (Å²) >= 11 is 3.59. The molecule has 1 atom stereocenters. The van der Waals surface area contributed by atoms with E-state index < -0.39 is 0 Å². The Kier molecular flexibility index (Phi) is 6.43. The molecular formula is C13H20BrClN2O. The second kappa shape index (κ2) is 7.34. The van der Waals surface area contributed by atoms with Crippen LogP contribution in [0.5, 0.6) is 5.75 Å². The maximum absolute atomic E-state index is 5.99. The van der Waals surface area contributed by atoms with Gasteiger partial charge in [-0.15, -0.1) is 12.4 Å². The highest BCUT2D eigenvalue weighted by Gasteiger charge is 2.17. The largest absolute Gasteiger partial charge is 0.497 e. The van der Waals surface area contributed by atoms with Crippen molar-refractivity contribution < 1.29 is 4.74 Å². The number of benzene rings is 1. The molecule has 0 aromatic heterocycles. The van der Waals surface area contributed by atoms with Crippen LogP contribution in [0.25, 0.3) is 0 Å². The zero-order chi connectivity index (χ0) is 12.3. The average Bonchev–Trinajstić information content (AvgIpc) is 2.32. The van der Waals surface area contributed by atoms with Crippen molar-refractivity contribution in [1.29, 1.82) is 0 Å². The highest BCUT2D eigenvalue weighted by atomic mass is 79.9. The van der Waals surface area contributed by atoms with Crippen molar-refractivity contribution in [2.75, 3.05) is 20.2 Å². The third-order valence-electron chi connectivity index (χ3n) is 3.19. The van der Waals surface area contributed by atoms with E-state index >= 15 is 0 Å². The summed E-state index contributed by atoms with van der Waals surface area (Å²) in [6.45, 7) is 3.06. The molecule has 18 heavy (non-hydrogen) atoms. The van der Waals surface area contributed by atoms with E-state index in [2.05, 4.69) is 26.9 Å². The molecule has 1 saturated heterocycles. The van der Waals surface area contributed by atoms with Crippen molar-refractivity contribution in [2.45, 2.75) is 25.4 Å². The molecule has 0 spiro atoms. The van der Waals surface area contributed by atoms with E-state index in [0.29, 0.717) is 6.04 Å². The molecule has 3 nitrogen and oxygen atoms in total. The third kappa shape index (κ3) is 4.12. The number of ether oxygens (including phenoxy) is 1. The summed E-state index contributed by atoms with van der Waals surface area (Å²) in [6, 6.07) is 6.42. The fourth-order valence-corrected chi connectivity index (χ4v) is 2.65. The van der Waals surface area contributed by atoms with Gasteiger partial charge in [-0.2, -0.15) is 0 Å². The predicted octanol–water partition coefficient (Wildman–Crippen LogP) is 2.80. The molecule has 2 rings (SSSR count). The number of methoxy groups -OCH3 is 1. The molecule has 102 valence electrons. The molecule has 1 aromatic rings. The summed E-state index contributed by atoms with van der Waals surface area (Å²) in [5.74, 6) is 0.907. The minimum Gasteiger partial charge on any atom is -0.497 e. The van der Waals surface area contributed by atoms with E-state index in [-0.39, 0.29) is 12.4 Å². The first-order chi connectivity index (χ1) is 8.19. The quantitative estimate of drug-likeness (QED) is 0.923. The Hall–Kier alpha value is -0.290. The van der Waals surface area contributed by atoms with Crippen LogP contribution in [0.1, 0.15) is 18.4 Å². The first kappa shape index (κ1) is 15.8. The Labute approximate surface area is 123 Å². The van der Waals surface area contributed by atoms with Gasteiger partial charge in [0.2, 0.25) is 0 Å². The van der Waals surface area contributed by atoms with Crippen LogP contribution >= 0.6 is 28.3 Å². The zero-order valence-electron chi connectivity index (χ0n) is 10.6. The van der Waals surface area contributed by atoms with Crippen molar-refractivity contribution in [3.8, 4) is 5.75 Å². The van der Waals surface area contributed by atoms with Gasteiger partial charge < -0.3 is 10.5 Å². The van der Waals surface area contributed by atoms with Gasteiger partial charge in [-0.1, -0.05) is 15.9 Å². The molecule has 0 amide bonds. The molecule has 0 radical (unpaired) electrons. The Morgan fingerprint density at radius 1 is 1.50 bits per heavy atom. The predicted molar refractivity (Wildman–Crippen MR) is 80.4 cm³/mol. The first-order valence-corrected chi connectivity index (χ1v) is 6.78. The monoisotopic (exact) mass is 334 g/mol. The van der Waals surface area contributed by atoms with Crippen LogP contribution in [0.2, 0.25) is 0 Å². The van der Waals surface area contributed by atoms with E-state index in [1.165, 1.54) is 12.0 Å². The van der Waals surface area contributed by atoms with Crippen LogP contribution in [-0.2, 0) is 6.54 Å². The highest BCUT2D eigenvalue weighted by molar-refractivity contribution is 9.10. The number of piperidine rings is 1.